The Hall–Kier alpha value is -2.08. The van der Waals surface area contributed by atoms with Crippen molar-refractivity contribution in [3.05, 3.63) is 33.3 Å². The number of halogens is 1. The second kappa shape index (κ2) is 3.96. The first-order chi connectivity index (χ1) is 8.97. The number of ketones is 1. The predicted octanol–water partition coefficient (Wildman–Crippen LogP) is 1.68. The van der Waals surface area contributed by atoms with E-state index in [9.17, 15) is 14.4 Å². The molecule has 1 aromatic carbocycles. The van der Waals surface area contributed by atoms with E-state index in [2.05, 4.69) is 4.98 Å². The number of hydrogen-bond acceptors (Lipinski definition) is 4. The molecule has 1 aliphatic carbocycles. The summed E-state index contributed by atoms with van der Waals surface area (Å²) >= 11 is 5.94. The molecule has 0 spiro atoms. The minimum absolute atomic E-state index is 0.188. The summed E-state index contributed by atoms with van der Waals surface area (Å²) in [6, 6.07) is 2.81. The van der Waals surface area contributed by atoms with Crippen molar-refractivity contribution in [2.75, 3.05) is 0 Å². The summed E-state index contributed by atoms with van der Waals surface area (Å²) < 4.78 is 4.85. The molecule has 0 bridgehead atoms. The molecule has 1 heterocycles. The van der Waals surface area contributed by atoms with E-state index >= 15 is 0 Å². The summed E-state index contributed by atoms with van der Waals surface area (Å²) in [7, 11) is 0. The van der Waals surface area contributed by atoms with Crippen LogP contribution in [-0.2, 0) is 4.79 Å². The number of oxazole rings is 1. The Morgan fingerprint density at radius 1 is 1.37 bits per heavy atom. The van der Waals surface area contributed by atoms with Crippen molar-refractivity contribution in [1.29, 1.82) is 0 Å². The van der Waals surface area contributed by atoms with Crippen LogP contribution in [0.1, 0.15) is 16.8 Å². The molecule has 1 aromatic heterocycles. The van der Waals surface area contributed by atoms with E-state index in [-0.39, 0.29) is 22.0 Å². The summed E-state index contributed by atoms with van der Waals surface area (Å²) in [5.74, 6) is -3.06. The number of carboxylic acids is 1. The average molecular weight is 282 g/mol. The SMILES string of the molecule is O=C(O)[C@H]1C[C@@H]1C(=O)c1cc(Cl)c2[nH]c(=O)oc2c1. The normalized spacial score (nSPS) is 21.5. The lowest BCUT2D eigenvalue weighted by Gasteiger charge is -2.00. The lowest BCUT2D eigenvalue weighted by Crippen LogP contribution is -2.08. The first kappa shape index (κ1) is 12.0. The first-order valence-electron chi connectivity index (χ1n) is 5.57. The highest BCUT2D eigenvalue weighted by Crippen LogP contribution is 2.41. The van der Waals surface area contributed by atoms with E-state index < -0.39 is 23.6 Å². The van der Waals surface area contributed by atoms with Crippen molar-refractivity contribution >= 4 is 34.5 Å². The smallest absolute Gasteiger partial charge is 0.417 e. The molecule has 1 aliphatic rings. The number of H-pyrrole nitrogens is 1. The van der Waals surface area contributed by atoms with Crippen molar-refractivity contribution in [2.45, 2.75) is 6.42 Å². The molecule has 19 heavy (non-hydrogen) atoms. The molecule has 3 rings (SSSR count). The van der Waals surface area contributed by atoms with E-state index in [1.807, 2.05) is 0 Å². The zero-order chi connectivity index (χ0) is 13.7. The Bertz CT molecular complexity index is 759. The van der Waals surface area contributed by atoms with Gasteiger partial charge in [-0.2, -0.15) is 0 Å². The van der Waals surface area contributed by atoms with Gasteiger partial charge in [0, 0.05) is 11.5 Å². The summed E-state index contributed by atoms with van der Waals surface area (Å²) in [6.07, 6.45) is 0.334. The van der Waals surface area contributed by atoms with Crippen molar-refractivity contribution in [3.8, 4) is 0 Å². The molecule has 7 heteroatoms. The van der Waals surface area contributed by atoms with Gasteiger partial charge in [-0.3, -0.25) is 14.6 Å². The maximum absolute atomic E-state index is 12.1. The van der Waals surface area contributed by atoms with Crippen molar-refractivity contribution in [1.82, 2.24) is 4.98 Å². The molecule has 0 amide bonds. The zero-order valence-electron chi connectivity index (χ0n) is 9.47. The average Bonchev–Trinajstić information content (AvgIpc) is 3.05. The lowest BCUT2D eigenvalue weighted by atomic mass is 10.1. The molecule has 0 aliphatic heterocycles. The monoisotopic (exact) mass is 281 g/mol. The number of nitrogens with one attached hydrogen (secondary N) is 1. The fourth-order valence-corrected chi connectivity index (χ4v) is 2.38. The second-order valence-electron chi connectivity index (χ2n) is 4.50. The van der Waals surface area contributed by atoms with Gasteiger partial charge in [-0.25, -0.2) is 4.79 Å². The van der Waals surface area contributed by atoms with Gasteiger partial charge < -0.3 is 9.52 Å². The maximum Gasteiger partial charge on any atom is 0.417 e. The van der Waals surface area contributed by atoms with Gasteiger partial charge in [0.2, 0.25) is 0 Å². The molecule has 6 nitrogen and oxygen atoms in total. The highest BCUT2D eigenvalue weighted by atomic mass is 35.5. The molecular formula is C12H8ClNO5. The van der Waals surface area contributed by atoms with Gasteiger partial charge in [-0.05, 0) is 18.6 Å². The summed E-state index contributed by atoms with van der Waals surface area (Å²) in [5.41, 5.74) is 0.774. The van der Waals surface area contributed by atoms with Crippen LogP contribution in [0.25, 0.3) is 11.1 Å². The van der Waals surface area contributed by atoms with Crippen LogP contribution in [0.3, 0.4) is 0 Å². The maximum atomic E-state index is 12.1. The van der Waals surface area contributed by atoms with Crippen LogP contribution in [0, 0.1) is 11.8 Å². The number of aromatic amines is 1. The van der Waals surface area contributed by atoms with E-state index in [0.29, 0.717) is 11.9 Å². The number of carbonyl (C=O) groups is 2. The third-order valence-corrected chi connectivity index (χ3v) is 3.51. The second-order valence-corrected chi connectivity index (χ2v) is 4.90. The quantitative estimate of drug-likeness (QED) is 0.834. The first-order valence-corrected chi connectivity index (χ1v) is 5.94. The van der Waals surface area contributed by atoms with Crippen molar-refractivity contribution < 1.29 is 19.1 Å². The van der Waals surface area contributed by atoms with Crippen molar-refractivity contribution in [3.63, 3.8) is 0 Å². The van der Waals surface area contributed by atoms with Gasteiger partial charge in [0.1, 0.15) is 5.52 Å². The summed E-state index contributed by atoms with van der Waals surface area (Å²) in [5, 5.41) is 9.00. The van der Waals surface area contributed by atoms with Gasteiger partial charge in [-0.1, -0.05) is 11.6 Å². The minimum Gasteiger partial charge on any atom is -0.481 e. The van der Waals surface area contributed by atoms with Crippen LogP contribution < -0.4 is 5.76 Å². The number of hydrogen-bond donors (Lipinski definition) is 2. The number of carbonyl (C=O) groups excluding carboxylic acids is 1. The highest BCUT2D eigenvalue weighted by Gasteiger charge is 2.48. The number of rotatable bonds is 3. The fraction of sp³-hybridized carbons (Fsp3) is 0.250. The molecule has 98 valence electrons. The molecular weight excluding hydrogens is 274 g/mol. The van der Waals surface area contributed by atoms with Gasteiger partial charge in [-0.15, -0.1) is 0 Å². The Morgan fingerprint density at radius 2 is 2.11 bits per heavy atom. The summed E-state index contributed by atoms with van der Waals surface area (Å²) in [4.78, 5) is 36.3. The lowest BCUT2D eigenvalue weighted by molar-refractivity contribution is -0.138. The zero-order valence-corrected chi connectivity index (χ0v) is 10.2. The highest BCUT2D eigenvalue weighted by molar-refractivity contribution is 6.35. The van der Waals surface area contributed by atoms with Gasteiger partial charge in [0.25, 0.3) is 0 Å². The molecule has 1 fully saturated rings. The minimum atomic E-state index is -0.973. The molecule has 0 radical (unpaired) electrons. The number of carboxylic acid groups (broad SMARTS) is 1. The fourth-order valence-electron chi connectivity index (χ4n) is 2.12. The molecule has 2 aromatic rings. The van der Waals surface area contributed by atoms with E-state index in [4.69, 9.17) is 21.1 Å². The Labute approximate surface area is 111 Å². The van der Waals surface area contributed by atoms with E-state index in [1.54, 1.807) is 0 Å². The van der Waals surface area contributed by atoms with E-state index in [0.717, 1.165) is 0 Å². The molecule has 2 N–H and O–H groups in total. The largest absolute Gasteiger partial charge is 0.481 e. The van der Waals surface area contributed by atoms with Gasteiger partial charge in [0.15, 0.2) is 11.4 Å². The Morgan fingerprint density at radius 3 is 2.74 bits per heavy atom. The van der Waals surface area contributed by atoms with Crippen LogP contribution in [0.4, 0.5) is 0 Å². The van der Waals surface area contributed by atoms with Gasteiger partial charge in [0.05, 0.1) is 10.9 Å². The van der Waals surface area contributed by atoms with Gasteiger partial charge >= 0.3 is 11.7 Å². The van der Waals surface area contributed by atoms with Crippen LogP contribution in [-0.4, -0.2) is 21.8 Å². The Kier molecular flexibility index (Phi) is 2.50. The molecule has 2 atom stereocenters. The number of Topliss-reactive ketones (excluding diaryl/α,β-unsaturated/α-hetero) is 1. The number of benzene rings is 1. The third-order valence-electron chi connectivity index (χ3n) is 3.21. The van der Waals surface area contributed by atoms with Crippen LogP contribution in [0.5, 0.6) is 0 Å². The standard InChI is InChI=1S/C12H8ClNO5/c13-7-1-4(2-8-9(7)14-12(18)19-8)10(15)5-3-6(5)11(16)17/h1-2,5-6H,3H2,(H,14,18)(H,16,17)/t5-,6-/m0/s1. The topological polar surface area (TPSA) is 100 Å². The van der Waals surface area contributed by atoms with Crippen LogP contribution in [0.2, 0.25) is 5.02 Å². The van der Waals surface area contributed by atoms with E-state index in [1.165, 1.54) is 12.1 Å². The third kappa shape index (κ3) is 1.94. The van der Waals surface area contributed by atoms with Crippen LogP contribution in [0.15, 0.2) is 21.3 Å². The van der Waals surface area contributed by atoms with Crippen LogP contribution >= 0.6 is 11.6 Å². The summed E-state index contributed by atoms with van der Waals surface area (Å²) in [6.45, 7) is 0. The molecule has 1 saturated carbocycles. The molecule has 0 saturated heterocycles. The predicted molar refractivity (Wildman–Crippen MR) is 65.4 cm³/mol. The number of aliphatic carboxylic acids is 1. The Balaban J connectivity index is 2.00. The van der Waals surface area contributed by atoms with Crippen molar-refractivity contribution in [2.24, 2.45) is 11.8 Å². The number of aromatic nitrogens is 1. The molecule has 0 unspecified atom stereocenters. The number of fused-ring (bicyclic) bond motifs is 1.